The average Bonchev–Trinajstić information content (AvgIpc) is 2.78. The molecule has 1 aromatic carbocycles. The summed E-state index contributed by atoms with van der Waals surface area (Å²) >= 11 is 0. The van der Waals surface area contributed by atoms with Gasteiger partial charge < -0.3 is 19.3 Å². The van der Waals surface area contributed by atoms with Gasteiger partial charge in [0.2, 0.25) is 0 Å². The SMILES string of the molecule is COc1cc2c(cc1OC)CN(c1cnc(C(=O)N3CCCCC3)cn1)CC2. The molecular weight excluding hydrogens is 356 g/mol. The zero-order chi connectivity index (χ0) is 19.5. The lowest BCUT2D eigenvalue weighted by Gasteiger charge is -2.30. The fourth-order valence-electron chi connectivity index (χ4n) is 3.93. The average molecular weight is 382 g/mol. The molecule has 7 heteroatoms. The van der Waals surface area contributed by atoms with E-state index in [2.05, 4.69) is 20.9 Å². The summed E-state index contributed by atoms with van der Waals surface area (Å²) in [6.45, 7) is 3.20. The molecule has 0 aliphatic carbocycles. The maximum atomic E-state index is 12.6. The predicted molar refractivity (Wildman–Crippen MR) is 106 cm³/mol. The molecule has 0 unspecified atom stereocenters. The topological polar surface area (TPSA) is 67.8 Å². The van der Waals surface area contributed by atoms with Crippen LogP contribution < -0.4 is 14.4 Å². The summed E-state index contributed by atoms with van der Waals surface area (Å²) in [5, 5.41) is 0. The Balaban J connectivity index is 1.49. The summed E-state index contributed by atoms with van der Waals surface area (Å²) in [4.78, 5) is 25.6. The fraction of sp³-hybridized carbons (Fsp3) is 0.476. The number of nitrogens with zero attached hydrogens (tertiary/aromatic N) is 4. The molecule has 4 rings (SSSR count). The minimum atomic E-state index is -0.0143. The lowest BCUT2D eigenvalue weighted by atomic mass is 9.99. The Labute approximate surface area is 165 Å². The Morgan fingerprint density at radius 1 is 0.929 bits per heavy atom. The van der Waals surface area contributed by atoms with Gasteiger partial charge >= 0.3 is 0 Å². The number of anilines is 1. The molecule has 0 spiro atoms. The first-order valence-electron chi connectivity index (χ1n) is 9.79. The van der Waals surface area contributed by atoms with E-state index >= 15 is 0 Å². The van der Waals surface area contributed by atoms with Crippen LogP contribution in [0.4, 0.5) is 5.82 Å². The van der Waals surface area contributed by atoms with Crippen molar-refractivity contribution in [3.8, 4) is 11.5 Å². The van der Waals surface area contributed by atoms with Gasteiger partial charge in [0.1, 0.15) is 11.5 Å². The maximum Gasteiger partial charge on any atom is 0.274 e. The molecular formula is C21H26N4O3. The zero-order valence-corrected chi connectivity index (χ0v) is 16.5. The van der Waals surface area contributed by atoms with Crippen molar-refractivity contribution < 1.29 is 14.3 Å². The first-order chi connectivity index (χ1) is 13.7. The first-order valence-corrected chi connectivity index (χ1v) is 9.79. The molecule has 148 valence electrons. The molecule has 0 saturated carbocycles. The van der Waals surface area contributed by atoms with Crippen LogP contribution in [0.5, 0.6) is 11.5 Å². The van der Waals surface area contributed by atoms with E-state index in [9.17, 15) is 4.79 Å². The Morgan fingerprint density at radius 2 is 1.64 bits per heavy atom. The number of fused-ring (bicyclic) bond motifs is 1. The third-order valence-electron chi connectivity index (χ3n) is 5.54. The second kappa shape index (κ2) is 8.04. The molecule has 0 atom stereocenters. The zero-order valence-electron chi connectivity index (χ0n) is 16.5. The number of likely N-dealkylation sites (tertiary alicyclic amines) is 1. The first kappa shape index (κ1) is 18.5. The Hall–Kier alpha value is -2.83. The highest BCUT2D eigenvalue weighted by Gasteiger charge is 2.23. The van der Waals surface area contributed by atoms with Gasteiger partial charge in [0, 0.05) is 26.2 Å². The number of benzene rings is 1. The van der Waals surface area contributed by atoms with Crippen LogP contribution in [0.1, 0.15) is 40.9 Å². The van der Waals surface area contributed by atoms with E-state index in [4.69, 9.17) is 9.47 Å². The van der Waals surface area contributed by atoms with E-state index in [1.165, 1.54) is 17.5 Å². The van der Waals surface area contributed by atoms with Crippen LogP contribution in [0, 0.1) is 0 Å². The highest BCUT2D eigenvalue weighted by atomic mass is 16.5. The second-order valence-electron chi connectivity index (χ2n) is 7.26. The van der Waals surface area contributed by atoms with Crippen molar-refractivity contribution in [2.45, 2.75) is 32.2 Å². The molecule has 2 aliphatic heterocycles. The molecule has 1 saturated heterocycles. The number of methoxy groups -OCH3 is 2. The summed E-state index contributed by atoms with van der Waals surface area (Å²) in [5.74, 6) is 2.27. The number of ether oxygens (including phenoxy) is 2. The van der Waals surface area contributed by atoms with Crippen molar-refractivity contribution in [3.63, 3.8) is 0 Å². The minimum absolute atomic E-state index is 0.0143. The monoisotopic (exact) mass is 382 g/mol. The van der Waals surface area contributed by atoms with Crippen molar-refractivity contribution in [3.05, 3.63) is 41.3 Å². The van der Waals surface area contributed by atoms with E-state index in [-0.39, 0.29) is 5.91 Å². The van der Waals surface area contributed by atoms with Gasteiger partial charge in [-0.1, -0.05) is 0 Å². The number of hydrogen-bond donors (Lipinski definition) is 0. The number of amides is 1. The molecule has 1 aromatic heterocycles. The van der Waals surface area contributed by atoms with E-state index in [1.54, 1.807) is 26.6 Å². The van der Waals surface area contributed by atoms with E-state index in [0.717, 1.165) is 62.8 Å². The summed E-state index contributed by atoms with van der Waals surface area (Å²) in [7, 11) is 3.30. The largest absolute Gasteiger partial charge is 0.493 e. The maximum absolute atomic E-state index is 12.6. The van der Waals surface area contributed by atoms with Crippen LogP contribution in [0.2, 0.25) is 0 Å². The molecule has 2 aliphatic rings. The highest BCUT2D eigenvalue weighted by molar-refractivity contribution is 5.92. The van der Waals surface area contributed by atoms with Gasteiger partial charge in [0.25, 0.3) is 5.91 Å². The van der Waals surface area contributed by atoms with Gasteiger partial charge in [-0.15, -0.1) is 0 Å². The van der Waals surface area contributed by atoms with Crippen molar-refractivity contribution >= 4 is 11.7 Å². The van der Waals surface area contributed by atoms with E-state index < -0.39 is 0 Å². The molecule has 28 heavy (non-hydrogen) atoms. The van der Waals surface area contributed by atoms with Gasteiger partial charge in [0.15, 0.2) is 11.5 Å². The smallest absolute Gasteiger partial charge is 0.274 e. The molecule has 7 nitrogen and oxygen atoms in total. The summed E-state index contributed by atoms with van der Waals surface area (Å²) < 4.78 is 10.8. The minimum Gasteiger partial charge on any atom is -0.493 e. The summed E-state index contributed by atoms with van der Waals surface area (Å²) in [6.07, 6.45) is 7.55. The van der Waals surface area contributed by atoms with E-state index in [0.29, 0.717) is 5.69 Å². The van der Waals surface area contributed by atoms with Gasteiger partial charge in [0.05, 0.1) is 26.6 Å². The van der Waals surface area contributed by atoms with Gasteiger partial charge in [-0.3, -0.25) is 4.79 Å². The predicted octanol–water partition coefficient (Wildman–Crippen LogP) is 2.68. The van der Waals surface area contributed by atoms with Crippen LogP contribution >= 0.6 is 0 Å². The molecule has 1 fully saturated rings. The number of piperidine rings is 1. The number of carbonyl (C=O) groups excluding carboxylic acids is 1. The highest BCUT2D eigenvalue weighted by Crippen LogP contribution is 2.34. The Morgan fingerprint density at radius 3 is 2.29 bits per heavy atom. The molecule has 3 heterocycles. The van der Waals surface area contributed by atoms with Gasteiger partial charge in [-0.05, 0) is 48.9 Å². The van der Waals surface area contributed by atoms with Crippen molar-refractivity contribution in [1.82, 2.24) is 14.9 Å². The van der Waals surface area contributed by atoms with Crippen LogP contribution in [-0.4, -0.2) is 54.6 Å². The number of carbonyl (C=O) groups is 1. The Kier molecular flexibility index (Phi) is 5.32. The van der Waals surface area contributed by atoms with Gasteiger partial charge in [-0.25, -0.2) is 9.97 Å². The van der Waals surface area contributed by atoms with Crippen LogP contribution in [0.25, 0.3) is 0 Å². The van der Waals surface area contributed by atoms with Crippen LogP contribution in [0.15, 0.2) is 24.5 Å². The number of rotatable bonds is 4. The Bertz CT molecular complexity index is 847. The molecule has 0 radical (unpaired) electrons. The lowest BCUT2D eigenvalue weighted by molar-refractivity contribution is 0.0718. The molecule has 2 aromatic rings. The van der Waals surface area contributed by atoms with Crippen LogP contribution in [0.3, 0.4) is 0 Å². The quantitative estimate of drug-likeness (QED) is 0.810. The van der Waals surface area contributed by atoms with E-state index in [1.807, 2.05) is 11.0 Å². The van der Waals surface area contributed by atoms with Crippen LogP contribution in [-0.2, 0) is 13.0 Å². The summed E-state index contributed by atoms with van der Waals surface area (Å²) in [5.41, 5.74) is 2.88. The molecule has 0 N–H and O–H groups in total. The normalized spacial score (nSPS) is 16.5. The van der Waals surface area contributed by atoms with Crippen molar-refractivity contribution in [2.75, 3.05) is 38.8 Å². The van der Waals surface area contributed by atoms with Crippen molar-refractivity contribution in [1.29, 1.82) is 0 Å². The third-order valence-corrected chi connectivity index (χ3v) is 5.54. The number of hydrogen-bond acceptors (Lipinski definition) is 6. The standard InChI is InChI=1S/C21H26N4O3/c1-27-18-10-15-6-9-25(14-16(15)11-19(18)28-2)20-13-22-17(12-23-20)21(26)24-7-4-3-5-8-24/h10-13H,3-9,14H2,1-2H3. The fourth-order valence-corrected chi connectivity index (χ4v) is 3.93. The lowest BCUT2D eigenvalue weighted by Crippen LogP contribution is -2.36. The molecule has 1 amide bonds. The summed E-state index contributed by atoms with van der Waals surface area (Å²) in [6, 6.07) is 4.08. The van der Waals surface area contributed by atoms with Crippen molar-refractivity contribution in [2.24, 2.45) is 0 Å². The second-order valence-corrected chi connectivity index (χ2v) is 7.26. The third kappa shape index (κ3) is 3.61. The number of aromatic nitrogens is 2. The van der Waals surface area contributed by atoms with Gasteiger partial charge in [-0.2, -0.15) is 0 Å². The molecule has 0 bridgehead atoms.